The summed E-state index contributed by atoms with van der Waals surface area (Å²) in [6.45, 7) is 0.344. The van der Waals surface area contributed by atoms with Gasteiger partial charge in [-0.05, 0) is 11.1 Å². The minimum Gasteiger partial charge on any atom is -0.504 e. The van der Waals surface area contributed by atoms with Crippen molar-refractivity contribution in [2.24, 2.45) is 0 Å². The average molecular weight is 332 g/mol. The minimum atomic E-state index is -0.763. The number of phenolic OH excluding ortho intramolecular Hbond substituents is 1. The molecule has 24 heavy (non-hydrogen) atoms. The van der Waals surface area contributed by atoms with E-state index >= 15 is 0 Å². The van der Waals surface area contributed by atoms with Crippen LogP contribution in [0.5, 0.6) is 23.0 Å². The maximum absolute atomic E-state index is 10.8. The maximum Gasteiger partial charge on any atom is 0.207 e. The molecule has 0 radical (unpaired) electrons. The summed E-state index contributed by atoms with van der Waals surface area (Å²) in [6.07, 6.45) is -0.763. The molecule has 0 saturated heterocycles. The van der Waals surface area contributed by atoms with E-state index in [0.29, 0.717) is 29.2 Å². The minimum absolute atomic E-state index is 0.0892. The number of methoxy groups -OCH3 is 4. The summed E-state index contributed by atoms with van der Waals surface area (Å²) in [5.41, 5.74) is 2.98. The van der Waals surface area contributed by atoms with Crippen molar-refractivity contribution < 1.29 is 28.8 Å². The van der Waals surface area contributed by atoms with Crippen LogP contribution >= 0.6 is 0 Å². The van der Waals surface area contributed by atoms with Gasteiger partial charge in [-0.2, -0.15) is 0 Å². The van der Waals surface area contributed by atoms with Crippen molar-refractivity contribution >= 4 is 0 Å². The Morgan fingerprint density at radius 1 is 0.958 bits per heavy atom. The average Bonchev–Trinajstić information content (AvgIpc) is 2.78. The van der Waals surface area contributed by atoms with E-state index in [1.807, 2.05) is 24.3 Å². The molecule has 6 heteroatoms. The van der Waals surface area contributed by atoms with Crippen LogP contribution in [0.25, 0.3) is 11.1 Å². The third-order valence-corrected chi connectivity index (χ3v) is 4.12. The van der Waals surface area contributed by atoms with Gasteiger partial charge < -0.3 is 28.8 Å². The van der Waals surface area contributed by atoms with E-state index in [1.54, 1.807) is 7.11 Å². The fourth-order valence-corrected chi connectivity index (χ4v) is 3.08. The first-order chi connectivity index (χ1) is 11.7. The number of ether oxygens (including phenoxy) is 5. The van der Waals surface area contributed by atoms with Crippen LogP contribution in [0.3, 0.4) is 0 Å². The van der Waals surface area contributed by atoms with Gasteiger partial charge in [-0.15, -0.1) is 0 Å². The topological polar surface area (TPSA) is 66.4 Å². The van der Waals surface area contributed by atoms with Gasteiger partial charge in [0.25, 0.3) is 0 Å². The third-order valence-electron chi connectivity index (χ3n) is 4.12. The fourth-order valence-electron chi connectivity index (χ4n) is 3.08. The van der Waals surface area contributed by atoms with Gasteiger partial charge in [-0.25, -0.2) is 0 Å². The summed E-state index contributed by atoms with van der Waals surface area (Å²) < 4.78 is 27.7. The number of fused-ring (bicyclic) bond motifs is 3. The van der Waals surface area contributed by atoms with E-state index in [-0.39, 0.29) is 11.5 Å². The van der Waals surface area contributed by atoms with Crippen molar-refractivity contribution in [1.82, 2.24) is 0 Å². The molecule has 2 aromatic carbocycles. The lowest BCUT2D eigenvalue weighted by Gasteiger charge is -2.23. The van der Waals surface area contributed by atoms with Gasteiger partial charge in [-0.3, -0.25) is 0 Å². The molecule has 0 saturated carbocycles. The van der Waals surface area contributed by atoms with Crippen molar-refractivity contribution in [1.29, 1.82) is 0 Å². The van der Waals surface area contributed by atoms with Crippen molar-refractivity contribution in [2.45, 2.75) is 12.9 Å². The molecule has 0 bridgehead atoms. The molecule has 1 N–H and O–H groups in total. The molecule has 1 aliphatic rings. The molecule has 6 nitrogen and oxygen atoms in total. The third kappa shape index (κ3) is 2.35. The number of benzene rings is 2. The lowest BCUT2D eigenvalue weighted by Crippen LogP contribution is -2.08. The fraction of sp³-hybridized carbons (Fsp3) is 0.333. The summed E-state index contributed by atoms with van der Waals surface area (Å²) >= 11 is 0. The van der Waals surface area contributed by atoms with Gasteiger partial charge >= 0.3 is 0 Å². The van der Waals surface area contributed by atoms with E-state index in [2.05, 4.69) is 0 Å². The molecule has 0 fully saturated rings. The quantitative estimate of drug-likeness (QED) is 0.927. The molecule has 0 amide bonds. The van der Waals surface area contributed by atoms with Crippen LogP contribution in [0, 0.1) is 0 Å². The van der Waals surface area contributed by atoms with Crippen LogP contribution in [0.15, 0.2) is 24.3 Å². The summed E-state index contributed by atoms with van der Waals surface area (Å²) in [5, 5.41) is 10.8. The Balaban J connectivity index is 2.46. The number of aromatic hydroxyl groups is 1. The largest absolute Gasteiger partial charge is 0.504 e. The standard InChI is InChI=1S/C18H20O6/c1-20-15-12-11-8-6-5-7-10(11)9-24-18(23-4)13(12)14(19)16(21-2)17(15)22-3/h5-8,18-19H,9H2,1-4H3. The number of hydrogen-bond acceptors (Lipinski definition) is 6. The van der Waals surface area contributed by atoms with Gasteiger partial charge in [0.1, 0.15) is 0 Å². The Bertz CT molecular complexity index is 756. The Kier molecular flexibility index (Phi) is 4.51. The molecule has 0 spiro atoms. The highest BCUT2D eigenvalue weighted by Gasteiger charge is 2.34. The molecule has 1 aliphatic heterocycles. The second kappa shape index (κ2) is 6.59. The van der Waals surface area contributed by atoms with Crippen LogP contribution in [0.2, 0.25) is 0 Å². The predicted molar refractivity (Wildman–Crippen MR) is 87.7 cm³/mol. The molecule has 0 aliphatic carbocycles. The van der Waals surface area contributed by atoms with E-state index in [9.17, 15) is 5.11 Å². The summed E-state index contributed by atoms with van der Waals surface area (Å²) in [7, 11) is 6.02. The molecule has 2 aromatic rings. The Hall–Kier alpha value is -2.44. The second-order valence-corrected chi connectivity index (χ2v) is 5.27. The molecule has 0 aromatic heterocycles. The van der Waals surface area contributed by atoms with Crippen LogP contribution in [0.1, 0.15) is 17.4 Å². The SMILES string of the molecule is COc1c(O)c2c(c(OC)c1OC)-c1ccccc1COC2OC. The lowest BCUT2D eigenvalue weighted by molar-refractivity contribution is -0.135. The van der Waals surface area contributed by atoms with Gasteiger partial charge in [-0.1, -0.05) is 24.3 Å². The molecule has 1 unspecified atom stereocenters. The van der Waals surface area contributed by atoms with E-state index in [1.165, 1.54) is 21.3 Å². The Labute approximate surface area is 140 Å². The molecule has 128 valence electrons. The predicted octanol–water partition coefficient (Wildman–Crippen LogP) is 3.26. The summed E-state index contributed by atoms with van der Waals surface area (Å²) in [5.74, 6) is 0.872. The van der Waals surface area contributed by atoms with Crippen molar-refractivity contribution in [3.63, 3.8) is 0 Å². The lowest BCUT2D eigenvalue weighted by atomic mass is 9.93. The molecule has 3 rings (SSSR count). The van der Waals surface area contributed by atoms with Crippen molar-refractivity contribution in [2.75, 3.05) is 28.4 Å². The molecule has 1 atom stereocenters. The number of rotatable bonds is 4. The van der Waals surface area contributed by atoms with Crippen LogP contribution in [0.4, 0.5) is 0 Å². The first-order valence-electron chi connectivity index (χ1n) is 7.45. The van der Waals surface area contributed by atoms with Gasteiger partial charge in [0.05, 0.1) is 33.5 Å². The first-order valence-corrected chi connectivity index (χ1v) is 7.45. The van der Waals surface area contributed by atoms with Crippen LogP contribution < -0.4 is 14.2 Å². The van der Waals surface area contributed by atoms with Gasteiger partial charge in [0.2, 0.25) is 11.5 Å². The maximum atomic E-state index is 10.8. The van der Waals surface area contributed by atoms with E-state index < -0.39 is 6.29 Å². The zero-order valence-corrected chi connectivity index (χ0v) is 14.1. The second-order valence-electron chi connectivity index (χ2n) is 5.27. The van der Waals surface area contributed by atoms with E-state index in [0.717, 1.165) is 11.1 Å². The Morgan fingerprint density at radius 2 is 1.62 bits per heavy atom. The number of phenols is 1. The van der Waals surface area contributed by atoms with Crippen molar-refractivity contribution in [3.05, 3.63) is 35.4 Å². The van der Waals surface area contributed by atoms with Crippen LogP contribution in [-0.4, -0.2) is 33.5 Å². The van der Waals surface area contributed by atoms with Gasteiger partial charge in [0.15, 0.2) is 17.8 Å². The summed E-state index contributed by atoms with van der Waals surface area (Å²) in [4.78, 5) is 0. The highest BCUT2D eigenvalue weighted by molar-refractivity contribution is 5.85. The van der Waals surface area contributed by atoms with E-state index in [4.69, 9.17) is 23.7 Å². The van der Waals surface area contributed by atoms with Gasteiger partial charge in [0, 0.05) is 12.7 Å². The summed E-state index contributed by atoms with van der Waals surface area (Å²) in [6, 6.07) is 7.76. The smallest absolute Gasteiger partial charge is 0.207 e. The molecular weight excluding hydrogens is 312 g/mol. The Morgan fingerprint density at radius 3 is 2.25 bits per heavy atom. The van der Waals surface area contributed by atoms with Crippen molar-refractivity contribution in [3.8, 4) is 34.1 Å². The highest BCUT2D eigenvalue weighted by Crippen LogP contribution is 2.56. The molecule has 1 heterocycles. The highest BCUT2D eigenvalue weighted by atomic mass is 16.7. The van der Waals surface area contributed by atoms with Crippen LogP contribution in [-0.2, 0) is 16.1 Å². The monoisotopic (exact) mass is 332 g/mol. The normalized spacial score (nSPS) is 15.9. The molecular formula is C18H20O6. The number of hydrogen-bond donors (Lipinski definition) is 1. The zero-order chi connectivity index (χ0) is 17.3. The first kappa shape index (κ1) is 16.4. The zero-order valence-electron chi connectivity index (χ0n) is 14.1.